The highest BCUT2D eigenvalue weighted by atomic mass is 79.9. The third-order valence-electron chi connectivity index (χ3n) is 2.39. The fraction of sp³-hybridized carbons (Fsp3) is 0.0625. The summed E-state index contributed by atoms with van der Waals surface area (Å²) in [6, 6.07) is 15.5. The van der Waals surface area contributed by atoms with E-state index in [1.165, 1.54) is 0 Å². The van der Waals surface area contributed by atoms with Crippen molar-refractivity contribution >= 4 is 27.8 Å². The Bertz CT molecular complexity index is 614. The number of benzene rings is 2. The van der Waals surface area contributed by atoms with Gasteiger partial charge in [0.05, 0.1) is 5.69 Å². The van der Waals surface area contributed by atoms with E-state index in [1.807, 2.05) is 48.5 Å². The Labute approximate surface area is 121 Å². The van der Waals surface area contributed by atoms with Crippen molar-refractivity contribution in [1.29, 1.82) is 0 Å². The number of rotatable bonds is 4. The van der Waals surface area contributed by atoms with E-state index in [4.69, 9.17) is 11.2 Å². The lowest BCUT2D eigenvalue weighted by molar-refractivity contribution is 0.370. The van der Waals surface area contributed by atoms with E-state index in [1.54, 1.807) is 6.21 Å². The first-order chi connectivity index (χ1) is 9.29. The molecule has 2 aromatic rings. The van der Waals surface area contributed by atoms with Crippen LogP contribution in [-0.4, -0.2) is 12.8 Å². The molecule has 0 aliphatic carbocycles. The summed E-state index contributed by atoms with van der Waals surface area (Å²) >= 11 is 3.43. The first kappa shape index (κ1) is 13.4. The molecule has 19 heavy (non-hydrogen) atoms. The minimum absolute atomic E-state index is 0.244. The van der Waals surface area contributed by atoms with Gasteiger partial charge < -0.3 is 4.74 Å². The van der Waals surface area contributed by atoms with E-state index in [9.17, 15) is 0 Å². The molecule has 0 atom stereocenters. The molecule has 0 heterocycles. The van der Waals surface area contributed by atoms with Crippen molar-refractivity contribution < 1.29 is 4.74 Å². The molecule has 0 fully saturated rings. The Hall–Kier alpha value is -2.05. The number of nitrogens with zero attached hydrogens (tertiary/aromatic N) is 1. The Morgan fingerprint density at radius 2 is 2.00 bits per heavy atom. The quantitative estimate of drug-likeness (QED) is 0.612. The van der Waals surface area contributed by atoms with E-state index in [2.05, 4.69) is 26.8 Å². The normalized spacial score (nSPS) is 10.3. The molecule has 0 radical (unpaired) electrons. The summed E-state index contributed by atoms with van der Waals surface area (Å²) in [4.78, 5) is 4.41. The van der Waals surface area contributed by atoms with Crippen LogP contribution in [0.15, 0.2) is 58.0 Å². The molecule has 0 saturated heterocycles. The van der Waals surface area contributed by atoms with Crippen LogP contribution in [0.3, 0.4) is 0 Å². The minimum atomic E-state index is 0.244. The van der Waals surface area contributed by atoms with Crippen LogP contribution in [0.5, 0.6) is 5.75 Å². The summed E-state index contributed by atoms with van der Waals surface area (Å²) in [6.45, 7) is 0.244. The van der Waals surface area contributed by atoms with Crippen LogP contribution in [0.1, 0.15) is 5.56 Å². The molecule has 94 valence electrons. The molecular formula is C16H12BrNO. The largest absolute Gasteiger partial charge is 0.480 e. The molecule has 0 aliphatic heterocycles. The Morgan fingerprint density at radius 1 is 1.21 bits per heavy atom. The maximum absolute atomic E-state index is 5.48. The smallest absolute Gasteiger partial charge is 0.148 e. The number of para-hydroxylation sites is 1. The maximum atomic E-state index is 5.48. The number of halogens is 1. The second-order valence-electron chi connectivity index (χ2n) is 3.77. The molecule has 0 amide bonds. The van der Waals surface area contributed by atoms with E-state index in [-0.39, 0.29) is 6.61 Å². The molecule has 0 aliphatic rings. The molecule has 0 unspecified atom stereocenters. The number of hydrogen-bond donors (Lipinski definition) is 0. The zero-order chi connectivity index (χ0) is 13.5. The van der Waals surface area contributed by atoms with Crippen LogP contribution >= 0.6 is 15.9 Å². The molecule has 3 heteroatoms. The summed E-state index contributed by atoms with van der Waals surface area (Å²) in [5.41, 5.74) is 1.78. The molecule has 2 rings (SSSR count). The van der Waals surface area contributed by atoms with Crippen molar-refractivity contribution in [2.45, 2.75) is 0 Å². The first-order valence-electron chi connectivity index (χ1n) is 5.74. The van der Waals surface area contributed by atoms with Gasteiger partial charge in [-0.05, 0) is 30.3 Å². The summed E-state index contributed by atoms with van der Waals surface area (Å²) < 4.78 is 6.45. The first-order valence-corrected chi connectivity index (χ1v) is 6.54. The fourth-order valence-electron chi connectivity index (χ4n) is 1.53. The number of hydrogen-bond acceptors (Lipinski definition) is 2. The van der Waals surface area contributed by atoms with Gasteiger partial charge in [-0.25, -0.2) is 0 Å². The average Bonchev–Trinajstić information content (AvgIpc) is 2.45. The lowest BCUT2D eigenvalue weighted by atomic mass is 10.2. The molecule has 2 aromatic carbocycles. The van der Waals surface area contributed by atoms with E-state index in [0.717, 1.165) is 21.5 Å². The monoisotopic (exact) mass is 313 g/mol. The summed E-state index contributed by atoms with van der Waals surface area (Å²) in [5.74, 6) is 3.18. The van der Waals surface area contributed by atoms with Gasteiger partial charge in [0.25, 0.3) is 0 Å². The van der Waals surface area contributed by atoms with Gasteiger partial charge in [-0.15, -0.1) is 6.42 Å². The molecule has 0 spiro atoms. The van der Waals surface area contributed by atoms with Gasteiger partial charge in [0, 0.05) is 16.3 Å². The molecular weight excluding hydrogens is 302 g/mol. The standard InChI is InChI=1S/C16H12BrNO/c1-2-10-19-16-9-8-14(17)11-13(16)12-18-15-6-4-3-5-7-15/h1,3-9,11-12H,10H2. The minimum Gasteiger partial charge on any atom is -0.480 e. The van der Waals surface area contributed by atoms with Gasteiger partial charge in [-0.2, -0.15) is 0 Å². The van der Waals surface area contributed by atoms with Gasteiger partial charge in [0.2, 0.25) is 0 Å². The van der Waals surface area contributed by atoms with E-state index in [0.29, 0.717) is 0 Å². The van der Waals surface area contributed by atoms with Gasteiger partial charge in [0.15, 0.2) is 0 Å². The highest BCUT2D eigenvalue weighted by Crippen LogP contribution is 2.22. The van der Waals surface area contributed by atoms with Crippen molar-refractivity contribution in [3.8, 4) is 18.1 Å². The van der Waals surface area contributed by atoms with Crippen LogP contribution in [0.4, 0.5) is 5.69 Å². The molecule has 0 N–H and O–H groups in total. The molecule has 0 saturated carbocycles. The van der Waals surface area contributed by atoms with Crippen LogP contribution in [-0.2, 0) is 0 Å². The molecule has 0 bridgehead atoms. The zero-order valence-electron chi connectivity index (χ0n) is 10.2. The third-order valence-corrected chi connectivity index (χ3v) is 2.88. The maximum Gasteiger partial charge on any atom is 0.148 e. The highest BCUT2D eigenvalue weighted by molar-refractivity contribution is 9.10. The molecule has 2 nitrogen and oxygen atoms in total. The number of terminal acetylenes is 1. The SMILES string of the molecule is C#CCOc1ccc(Br)cc1C=Nc1ccccc1. The van der Waals surface area contributed by atoms with Gasteiger partial charge >= 0.3 is 0 Å². The number of aliphatic imine (C=N–C) groups is 1. The molecule has 0 aromatic heterocycles. The number of ether oxygens (including phenoxy) is 1. The van der Waals surface area contributed by atoms with Crippen LogP contribution in [0, 0.1) is 12.3 Å². The predicted molar refractivity (Wildman–Crippen MR) is 82.2 cm³/mol. The predicted octanol–water partition coefficient (Wildman–Crippen LogP) is 4.21. The van der Waals surface area contributed by atoms with Crippen LogP contribution in [0.25, 0.3) is 0 Å². The van der Waals surface area contributed by atoms with E-state index < -0.39 is 0 Å². The van der Waals surface area contributed by atoms with Crippen molar-refractivity contribution in [2.75, 3.05) is 6.61 Å². The van der Waals surface area contributed by atoms with Crippen molar-refractivity contribution in [3.05, 3.63) is 58.6 Å². The Morgan fingerprint density at radius 3 is 2.74 bits per heavy atom. The van der Waals surface area contributed by atoms with Gasteiger partial charge in [0.1, 0.15) is 12.4 Å². The topological polar surface area (TPSA) is 21.6 Å². The fourth-order valence-corrected chi connectivity index (χ4v) is 1.91. The lowest BCUT2D eigenvalue weighted by Crippen LogP contribution is -1.97. The van der Waals surface area contributed by atoms with Crippen molar-refractivity contribution in [3.63, 3.8) is 0 Å². The van der Waals surface area contributed by atoms with E-state index >= 15 is 0 Å². The third kappa shape index (κ3) is 3.97. The summed E-state index contributed by atoms with van der Waals surface area (Å²) in [6.07, 6.45) is 6.97. The Balaban J connectivity index is 2.25. The van der Waals surface area contributed by atoms with Crippen molar-refractivity contribution in [2.24, 2.45) is 4.99 Å². The average molecular weight is 314 g/mol. The summed E-state index contributed by atoms with van der Waals surface area (Å²) in [7, 11) is 0. The van der Waals surface area contributed by atoms with Crippen LogP contribution < -0.4 is 4.74 Å². The second kappa shape index (κ2) is 6.77. The van der Waals surface area contributed by atoms with Crippen molar-refractivity contribution in [1.82, 2.24) is 0 Å². The second-order valence-corrected chi connectivity index (χ2v) is 4.68. The van der Waals surface area contributed by atoms with Gasteiger partial charge in [-0.1, -0.05) is 40.0 Å². The zero-order valence-corrected chi connectivity index (χ0v) is 11.8. The lowest BCUT2D eigenvalue weighted by Gasteiger charge is -2.06. The Kier molecular flexibility index (Phi) is 4.77. The summed E-state index contributed by atoms with van der Waals surface area (Å²) in [5, 5.41) is 0. The van der Waals surface area contributed by atoms with Gasteiger partial charge in [-0.3, -0.25) is 4.99 Å². The highest BCUT2D eigenvalue weighted by Gasteiger charge is 2.02. The van der Waals surface area contributed by atoms with Crippen LogP contribution in [0.2, 0.25) is 0 Å².